The highest BCUT2D eigenvalue weighted by atomic mass is 16.3. The van der Waals surface area contributed by atoms with Gasteiger partial charge in [-0.1, -0.05) is 6.08 Å². The van der Waals surface area contributed by atoms with Crippen LogP contribution < -0.4 is 0 Å². The molecule has 0 radical (unpaired) electrons. The molecule has 0 aliphatic heterocycles. The molecule has 0 fully saturated rings. The van der Waals surface area contributed by atoms with Crippen LogP contribution in [0.15, 0.2) is 18.2 Å². The maximum atomic E-state index is 10.4. The van der Waals surface area contributed by atoms with Gasteiger partial charge in [0.15, 0.2) is 17.8 Å². The van der Waals surface area contributed by atoms with Crippen molar-refractivity contribution in [3.8, 4) is 11.5 Å². The Morgan fingerprint density at radius 2 is 1.86 bits per heavy atom. The summed E-state index contributed by atoms with van der Waals surface area (Å²) in [5.41, 5.74) is 0.449. The molecule has 1 aromatic carbocycles. The normalized spacial score (nSPS) is 10.3. The van der Waals surface area contributed by atoms with Crippen LogP contribution in [-0.4, -0.2) is 22.8 Å². The Kier molecular flexibility index (Phi) is 3.01. The molecule has 0 aliphatic rings. The first-order valence-electron chi connectivity index (χ1n) is 3.82. The van der Waals surface area contributed by atoms with Crippen LogP contribution in [0.4, 0.5) is 0 Å². The van der Waals surface area contributed by atoms with Crippen molar-refractivity contribution < 1.29 is 19.8 Å². The Morgan fingerprint density at radius 3 is 2.43 bits per heavy atom. The molecule has 0 aliphatic carbocycles. The second-order valence-corrected chi connectivity index (χ2v) is 2.59. The van der Waals surface area contributed by atoms with Gasteiger partial charge in [-0.2, -0.15) is 0 Å². The van der Waals surface area contributed by atoms with Crippen LogP contribution in [0.3, 0.4) is 0 Å². The lowest BCUT2D eigenvalue weighted by Gasteiger charge is -2.01. The molecule has 0 unspecified atom stereocenters. The molecule has 0 aromatic heterocycles. The Balaban J connectivity index is 3.22. The SMILES string of the molecule is O=C/C=C/c1cc(O)c(O)c(C=O)c1. The molecule has 14 heavy (non-hydrogen) atoms. The van der Waals surface area contributed by atoms with Gasteiger partial charge in [-0.3, -0.25) is 9.59 Å². The van der Waals surface area contributed by atoms with Crippen LogP contribution >= 0.6 is 0 Å². The minimum absolute atomic E-state index is 0.0180. The summed E-state index contributed by atoms with van der Waals surface area (Å²) in [6.07, 6.45) is 3.64. The third kappa shape index (κ3) is 1.98. The van der Waals surface area contributed by atoms with Crippen molar-refractivity contribution in [1.29, 1.82) is 0 Å². The van der Waals surface area contributed by atoms with E-state index in [9.17, 15) is 19.8 Å². The van der Waals surface area contributed by atoms with E-state index >= 15 is 0 Å². The number of rotatable bonds is 3. The van der Waals surface area contributed by atoms with E-state index in [2.05, 4.69) is 0 Å². The lowest BCUT2D eigenvalue weighted by Crippen LogP contribution is -1.84. The van der Waals surface area contributed by atoms with Gasteiger partial charge in [0.25, 0.3) is 0 Å². The van der Waals surface area contributed by atoms with Crippen molar-refractivity contribution in [3.63, 3.8) is 0 Å². The Morgan fingerprint density at radius 1 is 1.14 bits per heavy atom. The summed E-state index contributed by atoms with van der Waals surface area (Å²) in [5, 5.41) is 18.4. The number of benzene rings is 1. The largest absolute Gasteiger partial charge is 0.504 e. The highest BCUT2D eigenvalue weighted by Gasteiger charge is 2.06. The zero-order valence-corrected chi connectivity index (χ0v) is 7.18. The molecular formula is C10H8O4. The van der Waals surface area contributed by atoms with Gasteiger partial charge in [-0.25, -0.2) is 0 Å². The van der Waals surface area contributed by atoms with Crippen molar-refractivity contribution in [2.75, 3.05) is 0 Å². The zero-order valence-electron chi connectivity index (χ0n) is 7.18. The summed E-state index contributed by atoms with van der Waals surface area (Å²) in [4.78, 5) is 20.5. The minimum Gasteiger partial charge on any atom is -0.504 e. The zero-order chi connectivity index (χ0) is 10.6. The predicted molar refractivity (Wildman–Crippen MR) is 50.3 cm³/mol. The molecule has 2 N–H and O–H groups in total. The number of carbonyl (C=O) groups excluding carboxylic acids is 2. The molecule has 0 bridgehead atoms. The third-order valence-electron chi connectivity index (χ3n) is 1.64. The minimum atomic E-state index is -0.455. The molecule has 0 saturated heterocycles. The number of phenolic OH excluding ortho intramolecular Hbond substituents is 2. The summed E-state index contributed by atoms with van der Waals surface area (Å²) >= 11 is 0. The first kappa shape index (κ1) is 9.98. The van der Waals surface area contributed by atoms with Gasteiger partial charge in [-0.05, 0) is 23.8 Å². The van der Waals surface area contributed by atoms with Gasteiger partial charge < -0.3 is 10.2 Å². The smallest absolute Gasteiger partial charge is 0.168 e. The van der Waals surface area contributed by atoms with E-state index in [0.29, 0.717) is 18.1 Å². The van der Waals surface area contributed by atoms with Crippen molar-refractivity contribution in [1.82, 2.24) is 0 Å². The van der Waals surface area contributed by atoms with E-state index in [-0.39, 0.29) is 11.3 Å². The molecule has 72 valence electrons. The third-order valence-corrected chi connectivity index (χ3v) is 1.64. The fourth-order valence-electron chi connectivity index (χ4n) is 1.00. The fourth-order valence-corrected chi connectivity index (χ4v) is 1.00. The summed E-state index contributed by atoms with van der Waals surface area (Å²) in [6.45, 7) is 0. The van der Waals surface area contributed by atoms with Crippen molar-refractivity contribution in [3.05, 3.63) is 29.3 Å². The maximum Gasteiger partial charge on any atom is 0.168 e. The second-order valence-electron chi connectivity index (χ2n) is 2.59. The van der Waals surface area contributed by atoms with E-state index in [4.69, 9.17) is 0 Å². The molecule has 4 nitrogen and oxygen atoms in total. The van der Waals surface area contributed by atoms with E-state index in [1.807, 2.05) is 0 Å². The van der Waals surface area contributed by atoms with Gasteiger partial charge in [0.05, 0.1) is 5.56 Å². The summed E-state index contributed by atoms with van der Waals surface area (Å²) in [6, 6.07) is 2.62. The van der Waals surface area contributed by atoms with E-state index < -0.39 is 5.75 Å². The quantitative estimate of drug-likeness (QED) is 0.427. The van der Waals surface area contributed by atoms with Crippen LogP contribution in [-0.2, 0) is 4.79 Å². The molecule has 1 aromatic rings. The topological polar surface area (TPSA) is 74.6 Å². The van der Waals surface area contributed by atoms with Gasteiger partial charge in [0.2, 0.25) is 0 Å². The summed E-state index contributed by atoms with van der Waals surface area (Å²) in [5.74, 6) is -0.844. The van der Waals surface area contributed by atoms with Gasteiger partial charge in [0.1, 0.15) is 6.29 Å². The number of aldehydes is 2. The first-order chi connectivity index (χ1) is 6.69. The molecular weight excluding hydrogens is 184 g/mol. The molecule has 0 spiro atoms. The number of phenols is 2. The van der Waals surface area contributed by atoms with Crippen molar-refractivity contribution in [2.24, 2.45) is 0 Å². The Labute approximate surface area is 80.1 Å². The molecule has 4 heteroatoms. The number of aromatic hydroxyl groups is 2. The highest BCUT2D eigenvalue weighted by Crippen LogP contribution is 2.29. The molecule has 0 heterocycles. The highest BCUT2D eigenvalue weighted by molar-refractivity contribution is 5.83. The van der Waals surface area contributed by atoms with Crippen LogP contribution in [0.1, 0.15) is 15.9 Å². The van der Waals surface area contributed by atoms with Crippen molar-refractivity contribution in [2.45, 2.75) is 0 Å². The molecule has 0 atom stereocenters. The lowest BCUT2D eigenvalue weighted by molar-refractivity contribution is -0.104. The maximum absolute atomic E-state index is 10.4. The molecule has 0 saturated carbocycles. The van der Waals surface area contributed by atoms with Crippen LogP contribution in [0.2, 0.25) is 0 Å². The van der Waals surface area contributed by atoms with Gasteiger partial charge in [-0.15, -0.1) is 0 Å². The fraction of sp³-hybridized carbons (Fsp3) is 0. The first-order valence-corrected chi connectivity index (χ1v) is 3.82. The van der Waals surface area contributed by atoms with Crippen LogP contribution in [0.25, 0.3) is 6.08 Å². The molecule has 1 rings (SSSR count). The Hall–Kier alpha value is -2.10. The van der Waals surface area contributed by atoms with E-state index in [1.165, 1.54) is 24.3 Å². The standard InChI is InChI=1S/C10H8O4/c11-3-1-2-7-4-8(6-12)10(14)9(13)5-7/h1-6,13-14H/b2-1+. The van der Waals surface area contributed by atoms with Crippen LogP contribution in [0, 0.1) is 0 Å². The lowest BCUT2D eigenvalue weighted by atomic mass is 10.1. The van der Waals surface area contributed by atoms with E-state index in [1.54, 1.807) is 0 Å². The van der Waals surface area contributed by atoms with Crippen LogP contribution in [0.5, 0.6) is 11.5 Å². The average Bonchev–Trinajstić information content (AvgIpc) is 2.19. The number of hydrogen-bond donors (Lipinski definition) is 2. The van der Waals surface area contributed by atoms with Gasteiger partial charge >= 0.3 is 0 Å². The second kappa shape index (κ2) is 4.23. The number of carbonyl (C=O) groups is 2. The van der Waals surface area contributed by atoms with E-state index in [0.717, 1.165) is 0 Å². The molecule has 0 amide bonds. The monoisotopic (exact) mass is 192 g/mol. The average molecular weight is 192 g/mol. The van der Waals surface area contributed by atoms with Crippen molar-refractivity contribution >= 4 is 18.6 Å². The Bertz CT molecular complexity index is 393. The van der Waals surface area contributed by atoms with Gasteiger partial charge in [0, 0.05) is 0 Å². The summed E-state index contributed by atoms with van der Waals surface area (Å²) in [7, 11) is 0. The summed E-state index contributed by atoms with van der Waals surface area (Å²) < 4.78 is 0. The number of hydrogen-bond acceptors (Lipinski definition) is 4. The number of allylic oxidation sites excluding steroid dienone is 1. The predicted octanol–water partition coefficient (Wildman–Crippen LogP) is 1.12.